The van der Waals surface area contributed by atoms with Crippen molar-refractivity contribution in [1.29, 1.82) is 0 Å². The highest BCUT2D eigenvalue weighted by Crippen LogP contribution is 2.41. The molecule has 148 valence electrons. The first kappa shape index (κ1) is 20.7. The maximum absolute atomic E-state index is 13.5. The molecule has 1 aliphatic heterocycles. The second-order valence-electron chi connectivity index (χ2n) is 5.99. The van der Waals surface area contributed by atoms with E-state index >= 15 is 0 Å². The quantitative estimate of drug-likeness (QED) is 0.361. The lowest BCUT2D eigenvalue weighted by atomic mass is 10.0. The molecule has 1 aliphatic rings. The van der Waals surface area contributed by atoms with E-state index in [1.54, 1.807) is 6.92 Å². The van der Waals surface area contributed by atoms with Gasteiger partial charge in [0, 0.05) is 25.2 Å². The molecular formula is C17H19F3N2O5. The standard InChI is InChI=1S/C17H19F3N2O5/c1-2-27-16(24)4-3-11-9-15(21-7-5-12(23)6-8-21)13(17(18,19)20)10-14(11)22(25)26/h3-4,9-10,12,23H,2,5-8H2,1H3/b4-3+. The molecule has 0 unspecified atom stereocenters. The number of halogens is 3. The molecule has 0 spiro atoms. The molecule has 1 aromatic carbocycles. The number of alkyl halides is 3. The Morgan fingerprint density at radius 2 is 2.04 bits per heavy atom. The number of ether oxygens (including phenoxy) is 1. The molecule has 0 bridgehead atoms. The number of nitro groups is 1. The third-order valence-electron chi connectivity index (χ3n) is 4.14. The molecule has 0 aromatic heterocycles. The first-order chi connectivity index (χ1) is 12.6. The fourth-order valence-electron chi connectivity index (χ4n) is 2.83. The maximum atomic E-state index is 13.5. The van der Waals surface area contributed by atoms with Crippen molar-refractivity contribution in [3.05, 3.63) is 39.4 Å². The van der Waals surface area contributed by atoms with Crippen molar-refractivity contribution in [3.8, 4) is 0 Å². The van der Waals surface area contributed by atoms with Crippen molar-refractivity contribution in [2.24, 2.45) is 0 Å². The van der Waals surface area contributed by atoms with Crippen molar-refractivity contribution >= 4 is 23.4 Å². The topological polar surface area (TPSA) is 92.9 Å². The van der Waals surface area contributed by atoms with Gasteiger partial charge in [-0.2, -0.15) is 13.2 Å². The van der Waals surface area contributed by atoms with E-state index in [9.17, 15) is 33.2 Å². The van der Waals surface area contributed by atoms with Crippen LogP contribution in [0.15, 0.2) is 18.2 Å². The Kier molecular flexibility index (Phi) is 6.42. The molecule has 0 radical (unpaired) electrons. The molecule has 1 aromatic rings. The molecular weight excluding hydrogens is 369 g/mol. The van der Waals surface area contributed by atoms with E-state index in [4.69, 9.17) is 0 Å². The normalized spacial score (nSPS) is 16.0. The van der Waals surface area contributed by atoms with Crippen LogP contribution in [-0.4, -0.2) is 41.8 Å². The number of aliphatic hydroxyl groups excluding tert-OH is 1. The largest absolute Gasteiger partial charge is 0.463 e. The third-order valence-corrected chi connectivity index (χ3v) is 4.14. The fourth-order valence-corrected chi connectivity index (χ4v) is 2.83. The van der Waals surface area contributed by atoms with Crippen molar-refractivity contribution in [2.75, 3.05) is 24.6 Å². The van der Waals surface area contributed by atoms with Gasteiger partial charge in [0.05, 0.1) is 34.4 Å². The molecule has 2 rings (SSSR count). The van der Waals surface area contributed by atoms with Gasteiger partial charge in [-0.1, -0.05) is 0 Å². The molecule has 0 saturated carbocycles. The number of esters is 1. The smallest absolute Gasteiger partial charge is 0.418 e. The Balaban J connectivity index is 2.54. The average Bonchev–Trinajstić information content (AvgIpc) is 2.59. The Morgan fingerprint density at radius 3 is 2.56 bits per heavy atom. The van der Waals surface area contributed by atoms with Crippen LogP contribution in [0.2, 0.25) is 0 Å². The Labute approximate surface area is 153 Å². The number of aliphatic hydroxyl groups is 1. The predicted octanol–water partition coefficient (Wildman–Crippen LogP) is 3.15. The number of piperidine rings is 1. The average molecular weight is 388 g/mol. The Bertz CT molecular complexity index is 741. The Morgan fingerprint density at radius 1 is 1.41 bits per heavy atom. The van der Waals surface area contributed by atoms with E-state index in [2.05, 4.69) is 4.74 Å². The van der Waals surface area contributed by atoms with Gasteiger partial charge in [0.1, 0.15) is 0 Å². The summed E-state index contributed by atoms with van der Waals surface area (Å²) in [4.78, 5) is 23.2. The van der Waals surface area contributed by atoms with Gasteiger partial charge in [0.2, 0.25) is 0 Å². The molecule has 1 saturated heterocycles. The molecule has 0 amide bonds. The highest BCUT2D eigenvalue weighted by atomic mass is 19.4. The second-order valence-corrected chi connectivity index (χ2v) is 5.99. The highest BCUT2D eigenvalue weighted by Gasteiger charge is 2.38. The van der Waals surface area contributed by atoms with Crippen molar-refractivity contribution in [2.45, 2.75) is 32.0 Å². The lowest BCUT2D eigenvalue weighted by Crippen LogP contribution is -2.37. The van der Waals surface area contributed by atoms with Crippen molar-refractivity contribution in [3.63, 3.8) is 0 Å². The molecule has 0 atom stereocenters. The number of nitrogens with zero attached hydrogens (tertiary/aromatic N) is 2. The summed E-state index contributed by atoms with van der Waals surface area (Å²) in [5.74, 6) is -0.755. The highest BCUT2D eigenvalue weighted by molar-refractivity contribution is 5.88. The molecule has 1 N–H and O–H groups in total. The van der Waals surface area contributed by atoms with Gasteiger partial charge in [0.15, 0.2) is 0 Å². The zero-order chi connectivity index (χ0) is 20.2. The Hall–Kier alpha value is -2.62. The summed E-state index contributed by atoms with van der Waals surface area (Å²) >= 11 is 0. The first-order valence-corrected chi connectivity index (χ1v) is 8.31. The molecule has 1 fully saturated rings. The lowest BCUT2D eigenvalue weighted by molar-refractivity contribution is -0.385. The van der Waals surface area contributed by atoms with Crippen LogP contribution in [0, 0.1) is 10.1 Å². The minimum atomic E-state index is -4.79. The number of benzene rings is 1. The van der Waals surface area contributed by atoms with Crippen molar-refractivity contribution < 1.29 is 32.7 Å². The first-order valence-electron chi connectivity index (χ1n) is 8.31. The van der Waals surface area contributed by atoms with Gasteiger partial charge in [-0.3, -0.25) is 10.1 Å². The predicted molar refractivity (Wildman–Crippen MR) is 91.2 cm³/mol. The minimum absolute atomic E-state index is 0.0969. The van der Waals surface area contributed by atoms with Gasteiger partial charge in [-0.05, 0) is 31.9 Å². The monoisotopic (exact) mass is 388 g/mol. The summed E-state index contributed by atoms with van der Waals surface area (Å²) in [6, 6.07) is 1.53. The van der Waals surface area contributed by atoms with E-state index in [0.717, 1.165) is 18.2 Å². The van der Waals surface area contributed by atoms with Gasteiger partial charge < -0.3 is 14.7 Å². The number of hydrogen-bond donors (Lipinski definition) is 1. The number of anilines is 1. The SMILES string of the molecule is CCOC(=O)/C=C/c1cc(N2CCC(O)CC2)c(C(F)(F)F)cc1[N+](=O)[O-]. The van der Waals surface area contributed by atoms with E-state index < -0.39 is 34.4 Å². The van der Waals surface area contributed by atoms with Crippen LogP contribution < -0.4 is 4.90 Å². The van der Waals surface area contributed by atoms with Gasteiger partial charge in [-0.25, -0.2) is 4.79 Å². The van der Waals surface area contributed by atoms with E-state index in [0.29, 0.717) is 18.9 Å². The van der Waals surface area contributed by atoms with E-state index in [1.165, 1.54) is 4.90 Å². The number of hydrogen-bond acceptors (Lipinski definition) is 6. The number of carbonyl (C=O) groups excluding carboxylic acids is 1. The molecule has 7 nitrogen and oxygen atoms in total. The van der Waals surface area contributed by atoms with Crippen LogP contribution in [0.1, 0.15) is 30.9 Å². The zero-order valence-corrected chi connectivity index (χ0v) is 14.5. The van der Waals surface area contributed by atoms with Crippen LogP contribution in [-0.2, 0) is 15.7 Å². The number of carbonyl (C=O) groups is 1. The molecule has 0 aliphatic carbocycles. The van der Waals surface area contributed by atoms with E-state index in [1.807, 2.05) is 0 Å². The van der Waals surface area contributed by atoms with E-state index in [-0.39, 0.29) is 30.9 Å². The minimum Gasteiger partial charge on any atom is -0.463 e. The molecule has 10 heteroatoms. The lowest BCUT2D eigenvalue weighted by Gasteiger charge is -2.33. The van der Waals surface area contributed by atoms with Crippen LogP contribution in [0.25, 0.3) is 6.08 Å². The summed E-state index contributed by atoms with van der Waals surface area (Å²) < 4.78 is 45.1. The van der Waals surface area contributed by atoms with Gasteiger partial charge in [-0.15, -0.1) is 0 Å². The van der Waals surface area contributed by atoms with Crippen LogP contribution in [0.5, 0.6) is 0 Å². The fraction of sp³-hybridized carbons (Fsp3) is 0.471. The maximum Gasteiger partial charge on any atom is 0.418 e. The van der Waals surface area contributed by atoms with Crippen LogP contribution in [0.4, 0.5) is 24.5 Å². The van der Waals surface area contributed by atoms with Crippen molar-refractivity contribution in [1.82, 2.24) is 0 Å². The second kappa shape index (κ2) is 8.38. The summed E-state index contributed by atoms with van der Waals surface area (Å²) in [6.45, 7) is 2.04. The third kappa shape index (κ3) is 5.19. The summed E-state index contributed by atoms with van der Waals surface area (Å²) in [5.41, 5.74) is -2.24. The van der Waals surface area contributed by atoms with Gasteiger partial charge in [0.25, 0.3) is 5.69 Å². The number of nitro benzene ring substituents is 1. The summed E-state index contributed by atoms with van der Waals surface area (Å²) in [5, 5.41) is 20.8. The van der Waals surface area contributed by atoms with Crippen LogP contribution in [0.3, 0.4) is 0 Å². The zero-order valence-electron chi connectivity index (χ0n) is 14.5. The van der Waals surface area contributed by atoms with Gasteiger partial charge >= 0.3 is 12.1 Å². The summed E-state index contributed by atoms with van der Waals surface area (Å²) in [6.07, 6.45) is -2.79. The molecule has 1 heterocycles. The summed E-state index contributed by atoms with van der Waals surface area (Å²) in [7, 11) is 0. The van der Waals surface area contributed by atoms with Crippen LogP contribution >= 0.6 is 0 Å². The number of rotatable bonds is 5. The molecule has 27 heavy (non-hydrogen) atoms.